The van der Waals surface area contributed by atoms with Gasteiger partial charge in [0.2, 0.25) is 5.79 Å². The van der Waals surface area contributed by atoms with Gasteiger partial charge in [-0.05, 0) is 18.6 Å². The van der Waals surface area contributed by atoms with Crippen molar-refractivity contribution < 1.29 is 14.6 Å². The molecule has 1 amide bonds. The first-order chi connectivity index (χ1) is 8.52. The molecule has 0 spiro atoms. The minimum Gasteiger partial charge on any atom is -0.530 e. The van der Waals surface area contributed by atoms with E-state index in [1.54, 1.807) is 25.1 Å². The molecule has 0 bridgehead atoms. The second kappa shape index (κ2) is 4.64. The zero-order valence-electron chi connectivity index (χ0n) is 10.3. The summed E-state index contributed by atoms with van der Waals surface area (Å²) in [5.74, 6) is -0.503. The third-order valence-electron chi connectivity index (χ3n) is 2.43. The van der Waals surface area contributed by atoms with E-state index in [2.05, 4.69) is 15.3 Å². The number of nitrogens with one attached hydrogen (secondary N) is 1. The summed E-state index contributed by atoms with van der Waals surface area (Å²) in [6.07, 6.45) is -0.483. The van der Waals surface area contributed by atoms with Gasteiger partial charge < -0.3 is 20.0 Å². The van der Waals surface area contributed by atoms with Crippen molar-refractivity contribution in [3.05, 3.63) is 28.9 Å². The summed E-state index contributed by atoms with van der Waals surface area (Å²) >= 11 is 0. The highest BCUT2D eigenvalue weighted by Gasteiger charge is 2.24. The lowest BCUT2D eigenvalue weighted by Crippen LogP contribution is -2.48. The minimum absolute atomic E-state index is 0.611. The molecule has 6 nitrogen and oxygen atoms in total. The smallest absolute Gasteiger partial charge is 0.224 e. The van der Waals surface area contributed by atoms with Crippen LogP contribution in [-0.4, -0.2) is 18.5 Å². The number of nitrogens with zero attached hydrogens (tertiary/aromatic N) is 2. The molecule has 1 N–H and O–H groups in total. The minimum atomic E-state index is -1.40. The molecule has 1 aliphatic rings. The van der Waals surface area contributed by atoms with Gasteiger partial charge in [0, 0.05) is 13.0 Å². The van der Waals surface area contributed by atoms with Crippen LogP contribution in [0.2, 0.25) is 0 Å². The molecular formula is C12H14N3O3-. The number of benzene rings is 1. The number of rotatable bonds is 4. The lowest BCUT2D eigenvalue weighted by Gasteiger charge is -2.20. The van der Waals surface area contributed by atoms with Crippen LogP contribution in [0.4, 0.5) is 4.79 Å². The Morgan fingerprint density at radius 3 is 2.83 bits per heavy atom. The average Bonchev–Trinajstić information content (AvgIpc) is 2.59. The fourth-order valence-electron chi connectivity index (χ4n) is 1.74. The normalized spacial score (nSPS) is 20.6. The summed E-state index contributed by atoms with van der Waals surface area (Å²) in [5.41, 5.74) is 0. The zero-order valence-corrected chi connectivity index (χ0v) is 10.3. The fraction of sp³-hybridized carbons (Fsp3) is 0.417. The van der Waals surface area contributed by atoms with E-state index in [0.717, 1.165) is 6.42 Å². The molecule has 1 atom stereocenters. The van der Waals surface area contributed by atoms with E-state index in [1.807, 2.05) is 6.92 Å². The second-order valence-corrected chi connectivity index (χ2v) is 4.16. The van der Waals surface area contributed by atoms with Gasteiger partial charge in [-0.2, -0.15) is 0 Å². The highest BCUT2D eigenvalue weighted by atomic mass is 16.5. The van der Waals surface area contributed by atoms with Crippen LogP contribution in [0.1, 0.15) is 20.3 Å². The largest absolute Gasteiger partial charge is 0.530 e. The van der Waals surface area contributed by atoms with Gasteiger partial charge in [-0.1, -0.05) is 6.92 Å². The number of amides is 1. The summed E-state index contributed by atoms with van der Waals surface area (Å²) < 4.78 is 5.48. The lowest BCUT2D eigenvalue weighted by molar-refractivity contribution is -0.252. The standard InChI is InChI=1S/C12H15N3O3/c1-3-6-18-8-4-5-9-10(7-8)14-12(2,13-9)15-11(16)17/h4-5,7,15H,3,6H2,1-2H3,(H,16,17)/p-1. The predicted octanol–water partition coefficient (Wildman–Crippen LogP) is -0.665. The van der Waals surface area contributed by atoms with Crippen molar-refractivity contribution in [2.75, 3.05) is 6.61 Å². The number of carbonyl (C=O) groups excluding carboxylic acids is 1. The van der Waals surface area contributed by atoms with Crippen LogP contribution in [0.5, 0.6) is 5.75 Å². The van der Waals surface area contributed by atoms with Crippen molar-refractivity contribution in [1.29, 1.82) is 0 Å². The number of hydrogen-bond donors (Lipinski definition) is 1. The average molecular weight is 248 g/mol. The maximum atomic E-state index is 10.6. The van der Waals surface area contributed by atoms with E-state index in [9.17, 15) is 9.90 Å². The molecule has 6 heteroatoms. The van der Waals surface area contributed by atoms with Gasteiger partial charge in [0.25, 0.3) is 0 Å². The third-order valence-corrected chi connectivity index (χ3v) is 2.43. The van der Waals surface area contributed by atoms with Crippen LogP contribution in [0, 0.1) is 0 Å². The first-order valence-electron chi connectivity index (χ1n) is 5.74. The van der Waals surface area contributed by atoms with Crippen LogP contribution >= 0.6 is 0 Å². The Hall–Kier alpha value is -2.11. The van der Waals surface area contributed by atoms with E-state index in [4.69, 9.17) is 4.74 Å². The molecule has 2 rings (SSSR count). The van der Waals surface area contributed by atoms with Crippen molar-refractivity contribution in [2.45, 2.75) is 26.1 Å². The first kappa shape index (κ1) is 12.3. The van der Waals surface area contributed by atoms with Crippen LogP contribution in [-0.2, 0) is 0 Å². The van der Waals surface area contributed by atoms with Crippen molar-refractivity contribution in [1.82, 2.24) is 5.32 Å². The van der Waals surface area contributed by atoms with Gasteiger partial charge in [-0.25, -0.2) is 9.98 Å². The number of fused-ring (bicyclic) bond motifs is 1. The summed E-state index contributed by atoms with van der Waals surface area (Å²) in [5, 5.41) is 14.0. The number of carboxylic acid groups (broad SMARTS) is 1. The molecule has 18 heavy (non-hydrogen) atoms. The van der Waals surface area contributed by atoms with Crippen LogP contribution in [0.25, 0.3) is 0 Å². The lowest BCUT2D eigenvalue weighted by atomic mass is 10.3. The van der Waals surface area contributed by atoms with Crippen molar-refractivity contribution in [3.8, 4) is 5.75 Å². The van der Waals surface area contributed by atoms with Gasteiger partial charge in [-0.3, -0.25) is 0 Å². The third kappa shape index (κ3) is 2.58. The Morgan fingerprint density at radius 1 is 1.44 bits per heavy atom. The van der Waals surface area contributed by atoms with Gasteiger partial charge >= 0.3 is 0 Å². The monoisotopic (exact) mass is 248 g/mol. The van der Waals surface area contributed by atoms with E-state index < -0.39 is 11.9 Å². The quantitative estimate of drug-likeness (QED) is 0.767. The van der Waals surface area contributed by atoms with Crippen molar-refractivity contribution in [2.24, 2.45) is 9.98 Å². The van der Waals surface area contributed by atoms with Gasteiger partial charge in [0.1, 0.15) is 11.8 Å². The second-order valence-electron chi connectivity index (χ2n) is 4.16. The van der Waals surface area contributed by atoms with Crippen LogP contribution in [0.15, 0.2) is 28.2 Å². The highest BCUT2D eigenvalue weighted by molar-refractivity contribution is 5.63. The fourth-order valence-corrected chi connectivity index (χ4v) is 1.74. The molecule has 1 aliphatic heterocycles. The van der Waals surface area contributed by atoms with Crippen molar-refractivity contribution in [3.63, 3.8) is 0 Å². The Labute approximate surface area is 104 Å². The van der Waals surface area contributed by atoms with E-state index in [-0.39, 0.29) is 0 Å². The molecule has 0 aromatic heterocycles. The van der Waals surface area contributed by atoms with Gasteiger partial charge in [0.05, 0.1) is 17.3 Å². The Kier molecular flexibility index (Phi) is 3.18. The molecule has 0 radical (unpaired) electrons. The molecule has 1 aromatic rings. The number of ether oxygens (including phenoxy) is 1. The SMILES string of the molecule is CCCOc1ccc2c(c1)=NC(C)(NC(=O)[O-])N=2. The number of carbonyl (C=O) groups is 1. The van der Waals surface area contributed by atoms with Crippen molar-refractivity contribution >= 4 is 6.09 Å². The molecule has 1 aromatic carbocycles. The van der Waals surface area contributed by atoms with E-state index >= 15 is 0 Å². The van der Waals surface area contributed by atoms with Crippen LogP contribution in [0.3, 0.4) is 0 Å². The molecule has 0 saturated carbocycles. The number of hydrogen-bond acceptors (Lipinski definition) is 5. The Morgan fingerprint density at radius 2 is 2.17 bits per heavy atom. The maximum absolute atomic E-state index is 10.6. The summed E-state index contributed by atoms with van der Waals surface area (Å²) in [6.45, 7) is 4.22. The molecule has 0 saturated heterocycles. The van der Waals surface area contributed by atoms with E-state index in [0.29, 0.717) is 23.1 Å². The van der Waals surface area contributed by atoms with E-state index in [1.165, 1.54) is 0 Å². The summed E-state index contributed by atoms with van der Waals surface area (Å²) in [6, 6.07) is 5.29. The maximum Gasteiger partial charge on any atom is 0.224 e. The van der Waals surface area contributed by atoms with Gasteiger partial charge in [0.15, 0.2) is 0 Å². The molecule has 0 fully saturated rings. The highest BCUT2D eigenvalue weighted by Crippen LogP contribution is 2.11. The molecule has 1 unspecified atom stereocenters. The topological polar surface area (TPSA) is 86.1 Å². The van der Waals surface area contributed by atoms with Gasteiger partial charge in [-0.15, -0.1) is 0 Å². The Bertz CT molecular complexity index is 585. The molecular weight excluding hydrogens is 234 g/mol. The Balaban J connectivity index is 2.30. The molecule has 1 heterocycles. The molecule has 96 valence electrons. The van der Waals surface area contributed by atoms with Crippen LogP contribution < -0.4 is 25.9 Å². The summed E-state index contributed by atoms with van der Waals surface area (Å²) in [4.78, 5) is 19.0. The summed E-state index contributed by atoms with van der Waals surface area (Å²) in [7, 11) is 0. The zero-order chi connectivity index (χ0) is 13.2. The first-order valence-corrected chi connectivity index (χ1v) is 5.74. The predicted molar refractivity (Wildman–Crippen MR) is 61.5 cm³/mol. The molecule has 0 aliphatic carbocycles.